The molecular weight excluding hydrogens is 434 g/mol. The van der Waals surface area contributed by atoms with Crippen LogP contribution in [0.5, 0.6) is 0 Å². The predicted octanol–water partition coefficient (Wildman–Crippen LogP) is -0.971. The number of hydrogen-bond acceptors (Lipinski definition) is 9. The third-order valence-corrected chi connectivity index (χ3v) is 6.17. The van der Waals surface area contributed by atoms with E-state index < -0.39 is 37.1 Å². The summed E-state index contributed by atoms with van der Waals surface area (Å²) in [7, 11) is 0. The highest BCUT2D eigenvalue weighted by Crippen LogP contribution is 2.18. The first-order valence-corrected chi connectivity index (χ1v) is 11.9. The van der Waals surface area contributed by atoms with Gasteiger partial charge in [0.25, 0.3) is 0 Å². The fourth-order valence-corrected chi connectivity index (χ4v) is 3.95. The Kier molecular flexibility index (Phi) is 14.5. The molecule has 0 aromatic heterocycles. The average Bonchev–Trinajstić information content (AvgIpc) is 2.82. The largest absolute Gasteiger partial charge is 0.449 e. The zero-order valence-corrected chi connectivity index (χ0v) is 19.7. The van der Waals surface area contributed by atoms with E-state index in [9.17, 15) is 30.0 Å². The van der Waals surface area contributed by atoms with Crippen LogP contribution in [-0.2, 0) is 9.53 Å². The topological polar surface area (TPSA) is 177 Å². The summed E-state index contributed by atoms with van der Waals surface area (Å²) in [5.74, 6) is 0.183. The number of ether oxygens (including phenoxy) is 1. The lowest BCUT2D eigenvalue weighted by molar-refractivity contribution is -0.133. The Balaban J connectivity index is 2.54. The van der Waals surface area contributed by atoms with Crippen molar-refractivity contribution >= 4 is 12.0 Å². The van der Waals surface area contributed by atoms with Crippen LogP contribution in [0.15, 0.2) is 0 Å². The van der Waals surface area contributed by atoms with Crippen molar-refractivity contribution in [1.29, 1.82) is 0 Å². The highest BCUT2D eigenvalue weighted by molar-refractivity contribution is 5.76. The van der Waals surface area contributed by atoms with Crippen molar-refractivity contribution in [2.75, 3.05) is 45.9 Å². The number of unbranched alkanes of at least 4 members (excludes halogenated alkanes) is 3. The maximum atomic E-state index is 12.7. The first kappa shape index (κ1) is 29.5. The van der Waals surface area contributed by atoms with E-state index in [0.29, 0.717) is 26.2 Å². The van der Waals surface area contributed by atoms with E-state index in [-0.39, 0.29) is 31.4 Å². The second-order valence-corrected chi connectivity index (χ2v) is 8.86. The molecule has 1 rings (SSSR count). The zero-order chi connectivity index (χ0) is 24.8. The molecule has 33 heavy (non-hydrogen) atoms. The quantitative estimate of drug-likeness (QED) is 0.153. The number of aliphatic hydroxyl groups is 5. The molecule has 0 aliphatic carbocycles. The normalized spacial score (nSPS) is 18.7. The Morgan fingerprint density at radius 1 is 1.03 bits per heavy atom. The van der Waals surface area contributed by atoms with Crippen LogP contribution < -0.4 is 5.73 Å². The summed E-state index contributed by atoms with van der Waals surface area (Å²) in [5, 5.41) is 48.8. The van der Waals surface area contributed by atoms with Crippen LogP contribution >= 0.6 is 0 Å². The van der Waals surface area contributed by atoms with Crippen LogP contribution in [0.1, 0.15) is 51.9 Å². The summed E-state index contributed by atoms with van der Waals surface area (Å²) < 4.78 is 4.84. The number of amides is 2. The van der Waals surface area contributed by atoms with Crippen LogP contribution in [-0.4, -0.2) is 118 Å². The van der Waals surface area contributed by atoms with Crippen molar-refractivity contribution in [2.45, 2.75) is 76.3 Å². The van der Waals surface area contributed by atoms with Crippen LogP contribution in [0.2, 0.25) is 0 Å². The number of hydrogen-bond donors (Lipinski definition) is 6. The molecule has 2 amide bonds. The number of nitrogens with zero attached hydrogens (tertiary/aromatic N) is 2. The maximum absolute atomic E-state index is 12.7. The molecule has 11 nitrogen and oxygen atoms in total. The Morgan fingerprint density at radius 3 is 2.24 bits per heavy atom. The molecule has 1 aliphatic heterocycles. The smallest absolute Gasteiger partial charge is 0.404 e. The summed E-state index contributed by atoms with van der Waals surface area (Å²) in [6.07, 6.45) is -1.24. The standard InChI is InChI=1S/C22H43N3O8/c1-2-3-4-5-9-24(13-17(27)20(30)21(31)18(28)14-26)10-8-19(29)25-11-6-16(7-12-25)15-33-22(23)32/h16-18,20-21,26-28,30-31H,2-15H2,1H3,(H2,23,32)/t17-,18+,20+,21+/m0/s1. The molecule has 0 bridgehead atoms. The molecule has 0 aromatic carbocycles. The van der Waals surface area contributed by atoms with Crippen molar-refractivity contribution in [3.8, 4) is 0 Å². The third kappa shape index (κ3) is 11.5. The molecule has 4 atom stereocenters. The van der Waals surface area contributed by atoms with Gasteiger partial charge in [0.05, 0.1) is 19.3 Å². The lowest BCUT2D eigenvalue weighted by atomic mass is 9.97. The van der Waals surface area contributed by atoms with E-state index in [1.54, 1.807) is 4.90 Å². The van der Waals surface area contributed by atoms with Gasteiger partial charge in [-0.3, -0.25) is 4.79 Å². The number of carbonyl (C=O) groups is 2. The molecule has 194 valence electrons. The van der Waals surface area contributed by atoms with Crippen molar-refractivity contribution in [3.63, 3.8) is 0 Å². The lowest BCUT2D eigenvalue weighted by Gasteiger charge is -2.33. The minimum Gasteiger partial charge on any atom is -0.449 e. The number of likely N-dealkylation sites (tertiary alicyclic amines) is 1. The van der Waals surface area contributed by atoms with E-state index in [1.807, 2.05) is 4.90 Å². The molecule has 1 aliphatic rings. The average molecular weight is 478 g/mol. The lowest BCUT2D eigenvalue weighted by Crippen LogP contribution is -2.50. The van der Waals surface area contributed by atoms with Gasteiger partial charge in [0, 0.05) is 32.6 Å². The SMILES string of the molecule is CCCCCCN(CCC(=O)N1CCC(COC(N)=O)CC1)C[C@H](O)[C@@H](O)[C@H](O)[C@H](O)CO. The fraction of sp³-hybridized carbons (Fsp3) is 0.909. The fourth-order valence-electron chi connectivity index (χ4n) is 3.95. The second-order valence-electron chi connectivity index (χ2n) is 8.86. The molecule has 1 saturated heterocycles. The molecule has 0 aromatic rings. The number of piperidine rings is 1. The second kappa shape index (κ2) is 16.2. The van der Waals surface area contributed by atoms with Gasteiger partial charge in [-0.05, 0) is 31.7 Å². The van der Waals surface area contributed by atoms with E-state index in [0.717, 1.165) is 38.5 Å². The molecule has 0 radical (unpaired) electrons. The van der Waals surface area contributed by atoms with Gasteiger partial charge in [-0.25, -0.2) is 4.79 Å². The van der Waals surface area contributed by atoms with Gasteiger partial charge >= 0.3 is 6.09 Å². The first-order chi connectivity index (χ1) is 15.7. The number of carbonyl (C=O) groups excluding carboxylic acids is 2. The highest BCUT2D eigenvalue weighted by atomic mass is 16.5. The van der Waals surface area contributed by atoms with Gasteiger partial charge < -0.3 is 45.8 Å². The third-order valence-electron chi connectivity index (χ3n) is 6.17. The van der Waals surface area contributed by atoms with Crippen LogP contribution in [0.25, 0.3) is 0 Å². The van der Waals surface area contributed by atoms with Gasteiger partial charge in [-0.2, -0.15) is 0 Å². The molecule has 11 heteroatoms. The van der Waals surface area contributed by atoms with Gasteiger partial charge in [0.1, 0.15) is 18.3 Å². The highest BCUT2D eigenvalue weighted by Gasteiger charge is 2.31. The summed E-state index contributed by atoms with van der Waals surface area (Å²) in [4.78, 5) is 27.1. The zero-order valence-electron chi connectivity index (χ0n) is 19.7. The molecule has 0 unspecified atom stereocenters. The molecule has 7 N–H and O–H groups in total. The summed E-state index contributed by atoms with van der Waals surface area (Å²) in [6, 6.07) is 0. The predicted molar refractivity (Wildman–Crippen MR) is 121 cm³/mol. The minimum atomic E-state index is -1.67. The van der Waals surface area contributed by atoms with Gasteiger partial charge in [-0.15, -0.1) is 0 Å². The molecule has 1 heterocycles. The Hall–Kier alpha value is -1.50. The molecule has 0 saturated carbocycles. The number of aliphatic hydroxyl groups excluding tert-OH is 5. The molecular formula is C22H43N3O8. The summed E-state index contributed by atoms with van der Waals surface area (Å²) in [6.45, 7) is 3.84. The van der Waals surface area contributed by atoms with E-state index in [4.69, 9.17) is 15.6 Å². The van der Waals surface area contributed by atoms with Gasteiger partial charge in [0.2, 0.25) is 5.91 Å². The first-order valence-electron chi connectivity index (χ1n) is 11.9. The van der Waals surface area contributed by atoms with Crippen LogP contribution in [0, 0.1) is 5.92 Å². The summed E-state index contributed by atoms with van der Waals surface area (Å²) >= 11 is 0. The summed E-state index contributed by atoms with van der Waals surface area (Å²) in [5.41, 5.74) is 4.99. The van der Waals surface area contributed by atoms with Crippen molar-refractivity contribution in [1.82, 2.24) is 9.80 Å². The number of primary amides is 1. The number of nitrogens with two attached hydrogens (primary N) is 1. The Bertz CT molecular complexity index is 560. The maximum Gasteiger partial charge on any atom is 0.404 e. The van der Waals surface area contributed by atoms with Crippen molar-refractivity contribution in [3.05, 3.63) is 0 Å². The van der Waals surface area contributed by atoms with E-state index >= 15 is 0 Å². The van der Waals surface area contributed by atoms with Crippen molar-refractivity contribution < 1.29 is 39.9 Å². The van der Waals surface area contributed by atoms with Gasteiger partial charge in [0.15, 0.2) is 0 Å². The number of rotatable bonds is 16. The van der Waals surface area contributed by atoms with Gasteiger partial charge in [-0.1, -0.05) is 26.2 Å². The van der Waals surface area contributed by atoms with E-state index in [1.165, 1.54) is 0 Å². The Morgan fingerprint density at radius 2 is 1.67 bits per heavy atom. The van der Waals surface area contributed by atoms with Crippen LogP contribution in [0.4, 0.5) is 4.79 Å². The van der Waals surface area contributed by atoms with Crippen LogP contribution in [0.3, 0.4) is 0 Å². The minimum absolute atomic E-state index is 0.00592. The molecule has 1 fully saturated rings. The van der Waals surface area contributed by atoms with Crippen molar-refractivity contribution in [2.24, 2.45) is 11.7 Å². The van der Waals surface area contributed by atoms with E-state index in [2.05, 4.69) is 6.92 Å². The Labute approximate surface area is 196 Å². The molecule has 0 spiro atoms. The monoisotopic (exact) mass is 477 g/mol.